The van der Waals surface area contributed by atoms with Gasteiger partial charge in [-0.2, -0.15) is 4.98 Å². The average molecular weight is 301 g/mol. The lowest BCUT2D eigenvalue weighted by molar-refractivity contribution is 0.0946. The molecule has 6 heteroatoms. The number of amides is 2. The minimum absolute atomic E-state index is 0.00700. The van der Waals surface area contributed by atoms with E-state index >= 15 is 0 Å². The highest BCUT2D eigenvalue weighted by atomic mass is 16.4. The molecule has 0 radical (unpaired) electrons. The molecule has 0 spiro atoms. The van der Waals surface area contributed by atoms with Crippen LogP contribution < -0.4 is 10.6 Å². The molecule has 2 N–H and O–H groups in total. The second-order valence-corrected chi connectivity index (χ2v) is 4.82. The van der Waals surface area contributed by atoms with Gasteiger partial charge in [-0.15, -0.1) is 0 Å². The molecule has 22 heavy (non-hydrogen) atoms. The molecule has 0 saturated heterocycles. The minimum Gasteiger partial charge on any atom is -0.431 e. The molecule has 0 aliphatic rings. The zero-order valence-corrected chi connectivity index (χ0v) is 12.5. The summed E-state index contributed by atoms with van der Waals surface area (Å²) in [5, 5.41) is 5.27. The summed E-state index contributed by atoms with van der Waals surface area (Å²) in [4.78, 5) is 27.7. The predicted octanol–water partition coefficient (Wildman–Crippen LogP) is 2.85. The van der Waals surface area contributed by atoms with E-state index in [-0.39, 0.29) is 23.5 Å². The Morgan fingerprint density at radius 2 is 1.91 bits per heavy atom. The smallest absolute Gasteiger partial charge is 0.302 e. The topological polar surface area (TPSA) is 84.2 Å². The molecule has 2 aromatic rings. The molecule has 2 amide bonds. The molecular weight excluding hydrogens is 282 g/mol. The van der Waals surface area contributed by atoms with Crippen molar-refractivity contribution in [2.75, 3.05) is 11.9 Å². The predicted molar refractivity (Wildman–Crippen MR) is 82.8 cm³/mol. The summed E-state index contributed by atoms with van der Waals surface area (Å²) in [6.07, 6.45) is 4.32. The molecule has 116 valence electrons. The Hall–Kier alpha value is -2.63. The standard InChI is InChI=1S/C16H19N3O3/c1-2-3-7-10-17-15(21)13-11-22-16(18-13)19-14(20)12-8-5-4-6-9-12/h4-6,8-9,11H,2-3,7,10H2,1H3,(H,17,21)(H,18,19,20). The number of carbonyl (C=O) groups is 2. The third-order valence-corrected chi connectivity index (χ3v) is 3.06. The van der Waals surface area contributed by atoms with E-state index in [2.05, 4.69) is 22.5 Å². The number of benzene rings is 1. The van der Waals surface area contributed by atoms with Gasteiger partial charge in [0, 0.05) is 12.1 Å². The maximum atomic E-state index is 11.9. The zero-order valence-electron chi connectivity index (χ0n) is 12.5. The van der Waals surface area contributed by atoms with E-state index in [4.69, 9.17) is 4.42 Å². The van der Waals surface area contributed by atoms with Crippen molar-refractivity contribution in [3.05, 3.63) is 47.9 Å². The SMILES string of the molecule is CCCCCNC(=O)c1coc(NC(=O)c2ccccc2)n1. The third kappa shape index (κ3) is 4.44. The van der Waals surface area contributed by atoms with Crippen molar-refractivity contribution in [2.24, 2.45) is 0 Å². The van der Waals surface area contributed by atoms with E-state index in [1.807, 2.05) is 6.07 Å². The van der Waals surface area contributed by atoms with E-state index in [1.54, 1.807) is 24.3 Å². The molecular formula is C16H19N3O3. The normalized spacial score (nSPS) is 10.2. The molecule has 0 fully saturated rings. The largest absolute Gasteiger partial charge is 0.431 e. The molecule has 0 bridgehead atoms. The number of aromatic nitrogens is 1. The maximum absolute atomic E-state index is 11.9. The first kappa shape index (κ1) is 15.8. The fourth-order valence-corrected chi connectivity index (χ4v) is 1.86. The van der Waals surface area contributed by atoms with Crippen LogP contribution in [-0.2, 0) is 0 Å². The van der Waals surface area contributed by atoms with E-state index in [0.717, 1.165) is 19.3 Å². The number of hydrogen-bond donors (Lipinski definition) is 2. The molecule has 1 aromatic heterocycles. The van der Waals surface area contributed by atoms with Gasteiger partial charge in [-0.1, -0.05) is 38.0 Å². The van der Waals surface area contributed by atoms with Crippen LogP contribution in [0.2, 0.25) is 0 Å². The second kappa shape index (κ2) is 7.97. The minimum atomic E-state index is -0.336. The maximum Gasteiger partial charge on any atom is 0.302 e. The lowest BCUT2D eigenvalue weighted by Crippen LogP contribution is -2.24. The van der Waals surface area contributed by atoms with E-state index in [9.17, 15) is 9.59 Å². The summed E-state index contributed by atoms with van der Waals surface area (Å²) in [6.45, 7) is 2.70. The fraction of sp³-hybridized carbons (Fsp3) is 0.312. The molecule has 6 nitrogen and oxygen atoms in total. The Kier molecular flexibility index (Phi) is 5.71. The Bertz CT molecular complexity index is 623. The van der Waals surface area contributed by atoms with Crippen molar-refractivity contribution in [1.29, 1.82) is 0 Å². The van der Waals surface area contributed by atoms with Crippen LogP contribution in [0.4, 0.5) is 6.01 Å². The lowest BCUT2D eigenvalue weighted by Gasteiger charge is -2.01. The number of hydrogen-bond acceptors (Lipinski definition) is 4. The Morgan fingerprint density at radius 1 is 1.14 bits per heavy atom. The molecule has 1 heterocycles. The monoisotopic (exact) mass is 301 g/mol. The number of oxazole rings is 1. The number of unbranched alkanes of at least 4 members (excludes halogenated alkanes) is 2. The number of anilines is 1. The van der Waals surface area contributed by atoms with Crippen LogP contribution >= 0.6 is 0 Å². The average Bonchev–Trinajstić information content (AvgIpc) is 3.01. The van der Waals surface area contributed by atoms with Crippen LogP contribution in [0.25, 0.3) is 0 Å². The number of carbonyl (C=O) groups excluding carboxylic acids is 2. The van der Waals surface area contributed by atoms with Gasteiger partial charge in [0.1, 0.15) is 6.26 Å². The summed E-state index contributed by atoms with van der Waals surface area (Å²) in [5.41, 5.74) is 0.645. The highest BCUT2D eigenvalue weighted by Gasteiger charge is 2.14. The first-order chi connectivity index (χ1) is 10.7. The van der Waals surface area contributed by atoms with Gasteiger partial charge in [0.15, 0.2) is 5.69 Å². The van der Waals surface area contributed by atoms with Gasteiger partial charge < -0.3 is 9.73 Å². The van der Waals surface area contributed by atoms with Crippen LogP contribution in [0.15, 0.2) is 41.0 Å². The van der Waals surface area contributed by atoms with Gasteiger partial charge in [0.05, 0.1) is 0 Å². The summed E-state index contributed by atoms with van der Waals surface area (Å²) >= 11 is 0. The highest BCUT2D eigenvalue weighted by molar-refractivity contribution is 6.03. The molecule has 0 saturated carbocycles. The van der Waals surface area contributed by atoms with Crippen molar-refractivity contribution in [3.8, 4) is 0 Å². The lowest BCUT2D eigenvalue weighted by atomic mass is 10.2. The first-order valence-corrected chi connectivity index (χ1v) is 7.31. The second-order valence-electron chi connectivity index (χ2n) is 4.82. The van der Waals surface area contributed by atoms with Crippen molar-refractivity contribution < 1.29 is 14.0 Å². The molecule has 0 unspecified atom stereocenters. The molecule has 0 aliphatic carbocycles. The van der Waals surface area contributed by atoms with Crippen LogP contribution in [0, 0.1) is 0 Å². The first-order valence-electron chi connectivity index (χ1n) is 7.31. The van der Waals surface area contributed by atoms with Crippen LogP contribution in [0.1, 0.15) is 47.0 Å². The van der Waals surface area contributed by atoms with Gasteiger partial charge >= 0.3 is 6.01 Å². The number of nitrogens with one attached hydrogen (secondary N) is 2. The van der Waals surface area contributed by atoms with E-state index < -0.39 is 0 Å². The Morgan fingerprint density at radius 3 is 2.64 bits per heavy atom. The van der Waals surface area contributed by atoms with Crippen molar-refractivity contribution >= 4 is 17.8 Å². The van der Waals surface area contributed by atoms with Gasteiger partial charge in [0.25, 0.3) is 11.8 Å². The van der Waals surface area contributed by atoms with Gasteiger partial charge in [0.2, 0.25) is 0 Å². The van der Waals surface area contributed by atoms with E-state index in [0.29, 0.717) is 12.1 Å². The summed E-state index contributed by atoms with van der Waals surface area (Å²) in [6, 6.07) is 8.72. The summed E-state index contributed by atoms with van der Waals surface area (Å²) in [7, 11) is 0. The zero-order chi connectivity index (χ0) is 15.8. The molecule has 0 aliphatic heterocycles. The van der Waals surface area contributed by atoms with E-state index in [1.165, 1.54) is 6.26 Å². The molecule has 1 aromatic carbocycles. The number of rotatable bonds is 7. The van der Waals surface area contributed by atoms with Crippen molar-refractivity contribution in [3.63, 3.8) is 0 Å². The Labute approximate surface area is 128 Å². The van der Waals surface area contributed by atoms with Gasteiger partial charge in [-0.25, -0.2) is 0 Å². The van der Waals surface area contributed by atoms with Crippen LogP contribution in [0.3, 0.4) is 0 Å². The third-order valence-electron chi connectivity index (χ3n) is 3.06. The number of nitrogens with zero attached hydrogens (tertiary/aromatic N) is 1. The molecule has 2 rings (SSSR count). The van der Waals surface area contributed by atoms with Crippen molar-refractivity contribution in [2.45, 2.75) is 26.2 Å². The van der Waals surface area contributed by atoms with Gasteiger partial charge in [-0.05, 0) is 18.6 Å². The summed E-state index contributed by atoms with van der Waals surface area (Å²) < 4.78 is 5.10. The quantitative estimate of drug-likeness (QED) is 0.770. The van der Waals surface area contributed by atoms with Crippen LogP contribution in [-0.4, -0.2) is 23.3 Å². The van der Waals surface area contributed by atoms with Crippen LogP contribution in [0.5, 0.6) is 0 Å². The van der Waals surface area contributed by atoms with Crippen molar-refractivity contribution in [1.82, 2.24) is 10.3 Å². The highest BCUT2D eigenvalue weighted by Crippen LogP contribution is 2.09. The summed E-state index contributed by atoms with van der Waals surface area (Å²) in [5.74, 6) is -0.641. The van der Waals surface area contributed by atoms with Gasteiger partial charge in [-0.3, -0.25) is 14.9 Å². The molecule has 0 atom stereocenters. The Balaban J connectivity index is 1.88. The fourth-order valence-electron chi connectivity index (χ4n) is 1.86.